The number of benzene rings is 8. The molecule has 0 amide bonds. The molecule has 2 aromatic heterocycles. The Kier molecular flexibility index (Phi) is 6.36. The van der Waals surface area contributed by atoms with Crippen molar-refractivity contribution in [1.29, 1.82) is 0 Å². The van der Waals surface area contributed by atoms with Gasteiger partial charge in [-0.05, 0) is 87.9 Å². The van der Waals surface area contributed by atoms with Gasteiger partial charge >= 0.3 is 0 Å². The lowest BCUT2D eigenvalue weighted by molar-refractivity contribution is 0.623. The average Bonchev–Trinajstić information content (AvgIpc) is 3.77. The van der Waals surface area contributed by atoms with E-state index in [1.807, 2.05) is 11.3 Å². The van der Waals surface area contributed by atoms with Crippen molar-refractivity contribution < 1.29 is 4.42 Å². The minimum absolute atomic E-state index is 0.617. The van der Waals surface area contributed by atoms with Gasteiger partial charge < -0.3 is 9.32 Å². The topological polar surface area (TPSA) is 29.3 Å². The van der Waals surface area contributed by atoms with Crippen LogP contribution >= 0.6 is 11.3 Å². The van der Waals surface area contributed by atoms with E-state index in [2.05, 4.69) is 175 Å². The molecular weight excluding hydrogens is 617 g/mol. The molecule has 49 heavy (non-hydrogen) atoms. The number of aromatic nitrogens is 1. The first-order chi connectivity index (χ1) is 24.3. The summed E-state index contributed by atoms with van der Waals surface area (Å²) in [4.78, 5) is 7.29. The second-order valence-corrected chi connectivity index (χ2v) is 13.5. The Morgan fingerprint density at radius 1 is 0.449 bits per heavy atom. The molecule has 0 aliphatic carbocycles. The van der Waals surface area contributed by atoms with Gasteiger partial charge in [0.05, 0.1) is 0 Å². The fourth-order valence-electron chi connectivity index (χ4n) is 7.11. The number of nitrogens with zero attached hydrogens (tertiary/aromatic N) is 2. The van der Waals surface area contributed by atoms with E-state index in [1.165, 1.54) is 42.1 Å². The summed E-state index contributed by atoms with van der Waals surface area (Å²) in [6.45, 7) is 0. The predicted molar refractivity (Wildman–Crippen MR) is 207 cm³/mol. The lowest BCUT2D eigenvalue weighted by Crippen LogP contribution is -2.09. The summed E-state index contributed by atoms with van der Waals surface area (Å²) in [7, 11) is 0. The van der Waals surface area contributed by atoms with Crippen molar-refractivity contribution in [3.8, 4) is 22.6 Å². The second kappa shape index (κ2) is 11.2. The summed E-state index contributed by atoms with van der Waals surface area (Å²) >= 11 is 1.84. The number of thiophene rings is 1. The van der Waals surface area contributed by atoms with Crippen LogP contribution in [0.4, 0.5) is 17.1 Å². The summed E-state index contributed by atoms with van der Waals surface area (Å²) in [5.41, 5.74) is 8.24. The van der Waals surface area contributed by atoms with Crippen molar-refractivity contribution in [2.45, 2.75) is 0 Å². The molecule has 0 atom stereocenters. The number of anilines is 3. The van der Waals surface area contributed by atoms with Gasteiger partial charge in [0, 0.05) is 48.2 Å². The molecule has 4 heteroatoms. The zero-order valence-electron chi connectivity index (χ0n) is 26.4. The van der Waals surface area contributed by atoms with E-state index in [-0.39, 0.29) is 0 Å². The first kappa shape index (κ1) is 27.8. The van der Waals surface area contributed by atoms with Crippen molar-refractivity contribution in [2.75, 3.05) is 4.90 Å². The fourth-order valence-corrected chi connectivity index (χ4v) is 8.25. The molecule has 0 fully saturated rings. The highest BCUT2D eigenvalue weighted by Crippen LogP contribution is 2.42. The van der Waals surface area contributed by atoms with E-state index >= 15 is 0 Å². The summed E-state index contributed by atoms with van der Waals surface area (Å²) in [5, 5.41) is 7.20. The molecule has 10 rings (SSSR count). The Bertz CT molecular complexity index is 2830. The Morgan fingerprint density at radius 3 is 2.04 bits per heavy atom. The number of oxazole rings is 1. The average molecular weight is 645 g/mol. The van der Waals surface area contributed by atoms with Gasteiger partial charge in [0.15, 0.2) is 5.58 Å². The quantitative estimate of drug-likeness (QED) is 0.175. The molecule has 0 saturated carbocycles. The van der Waals surface area contributed by atoms with Crippen LogP contribution in [0.2, 0.25) is 0 Å². The summed E-state index contributed by atoms with van der Waals surface area (Å²) < 4.78 is 9.13. The molecule has 230 valence electrons. The SMILES string of the molecule is c1ccc(-c2cccc(N(c3ccc(-c4nc5ccc6ccc7ccccc7c6c5o4)cc3)c3ccc4c(c3)sc3ccccc34)c2)cc1. The molecule has 0 unspecified atom stereocenters. The van der Waals surface area contributed by atoms with Gasteiger partial charge in [-0.15, -0.1) is 11.3 Å². The van der Waals surface area contributed by atoms with E-state index in [0.717, 1.165) is 44.5 Å². The lowest BCUT2D eigenvalue weighted by Gasteiger charge is -2.26. The fraction of sp³-hybridized carbons (Fsp3) is 0. The molecule has 10 aromatic rings. The van der Waals surface area contributed by atoms with Gasteiger partial charge in [0.1, 0.15) is 5.52 Å². The van der Waals surface area contributed by atoms with Gasteiger partial charge in [-0.2, -0.15) is 0 Å². The number of hydrogen-bond donors (Lipinski definition) is 0. The molecule has 0 N–H and O–H groups in total. The normalized spacial score (nSPS) is 11.7. The number of fused-ring (bicyclic) bond motifs is 8. The Labute approximate surface area is 286 Å². The Morgan fingerprint density at radius 2 is 1.14 bits per heavy atom. The van der Waals surface area contributed by atoms with Crippen LogP contribution in [0.3, 0.4) is 0 Å². The highest BCUT2D eigenvalue weighted by Gasteiger charge is 2.18. The van der Waals surface area contributed by atoms with Crippen LogP contribution in [0.5, 0.6) is 0 Å². The smallest absolute Gasteiger partial charge is 0.227 e. The van der Waals surface area contributed by atoms with E-state index in [1.54, 1.807) is 0 Å². The minimum atomic E-state index is 0.617. The van der Waals surface area contributed by atoms with Crippen molar-refractivity contribution in [3.05, 3.63) is 170 Å². The highest BCUT2D eigenvalue weighted by atomic mass is 32.1. The van der Waals surface area contributed by atoms with Crippen LogP contribution in [0.25, 0.3) is 75.4 Å². The van der Waals surface area contributed by atoms with Gasteiger partial charge in [0.2, 0.25) is 5.89 Å². The monoisotopic (exact) mass is 644 g/mol. The third-order valence-corrected chi connectivity index (χ3v) is 10.6. The van der Waals surface area contributed by atoms with Crippen molar-refractivity contribution in [3.63, 3.8) is 0 Å². The van der Waals surface area contributed by atoms with Crippen LogP contribution in [0, 0.1) is 0 Å². The van der Waals surface area contributed by atoms with E-state index in [4.69, 9.17) is 9.40 Å². The van der Waals surface area contributed by atoms with Crippen molar-refractivity contribution >= 4 is 81.2 Å². The molecule has 8 aromatic carbocycles. The van der Waals surface area contributed by atoms with E-state index in [0.29, 0.717) is 5.89 Å². The maximum Gasteiger partial charge on any atom is 0.227 e. The van der Waals surface area contributed by atoms with Gasteiger partial charge in [-0.25, -0.2) is 4.98 Å². The van der Waals surface area contributed by atoms with Gasteiger partial charge in [-0.3, -0.25) is 0 Å². The van der Waals surface area contributed by atoms with E-state index in [9.17, 15) is 0 Å². The first-order valence-corrected chi connectivity index (χ1v) is 17.3. The minimum Gasteiger partial charge on any atom is -0.435 e. The largest absolute Gasteiger partial charge is 0.435 e. The molecule has 3 nitrogen and oxygen atoms in total. The van der Waals surface area contributed by atoms with Crippen LogP contribution in [0.15, 0.2) is 174 Å². The van der Waals surface area contributed by atoms with Gasteiger partial charge in [0.25, 0.3) is 0 Å². The Hall–Kier alpha value is -6.23. The van der Waals surface area contributed by atoms with Crippen LogP contribution in [0.1, 0.15) is 0 Å². The maximum atomic E-state index is 6.56. The summed E-state index contributed by atoms with van der Waals surface area (Å²) in [6, 6.07) is 60.3. The molecule has 0 aliphatic rings. The molecular formula is C45H28N2OS. The number of rotatable bonds is 5. The Balaban J connectivity index is 1.10. The van der Waals surface area contributed by atoms with Crippen LogP contribution in [-0.2, 0) is 0 Å². The zero-order valence-corrected chi connectivity index (χ0v) is 27.2. The summed E-state index contributed by atoms with van der Waals surface area (Å²) in [5.74, 6) is 0.617. The standard InChI is InChI=1S/C45H28N2OS/c1-2-9-29(10-3-1)33-12-8-13-35(27-33)47(36-24-25-39-38-15-6-7-16-41(38)49-42(39)28-36)34-22-19-32(20-23-34)45-46-40-26-21-31-18-17-30-11-4-5-14-37(30)43(31)44(40)48-45/h1-28H. The molecule has 0 bridgehead atoms. The van der Waals surface area contributed by atoms with Gasteiger partial charge in [-0.1, -0.05) is 109 Å². The number of hydrogen-bond acceptors (Lipinski definition) is 4. The second-order valence-electron chi connectivity index (χ2n) is 12.4. The lowest BCUT2D eigenvalue weighted by atomic mass is 10.0. The molecule has 0 aliphatic heterocycles. The third kappa shape index (κ3) is 4.68. The first-order valence-electron chi connectivity index (χ1n) is 16.5. The third-order valence-electron chi connectivity index (χ3n) is 9.47. The summed E-state index contributed by atoms with van der Waals surface area (Å²) in [6.07, 6.45) is 0. The molecule has 0 radical (unpaired) electrons. The van der Waals surface area contributed by atoms with Crippen molar-refractivity contribution in [2.24, 2.45) is 0 Å². The predicted octanol–water partition coefficient (Wildman–Crippen LogP) is 13.3. The van der Waals surface area contributed by atoms with E-state index < -0.39 is 0 Å². The molecule has 0 saturated heterocycles. The van der Waals surface area contributed by atoms with Crippen LogP contribution < -0.4 is 4.90 Å². The zero-order chi connectivity index (χ0) is 32.3. The van der Waals surface area contributed by atoms with Crippen molar-refractivity contribution in [1.82, 2.24) is 4.98 Å². The maximum absolute atomic E-state index is 6.56. The molecule has 2 heterocycles. The highest BCUT2D eigenvalue weighted by molar-refractivity contribution is 7.25. The van der Waals surface area contributed by atoms with Crippen LogP contribution in [-0.4, -0.2) is 4.98 Å². The molecule has 0 spiro atoms.